The molecule has 1 aromatic carbocycles. The van der Waals surface area contributed by atoms with Crippen molar-refractivity contribution in [1.29, 1.82) is 0 Å². The number of rotatable bonds is 2. The normalized spacial score (nSPS) is 18.9. The summed E-state index contributed by atoms with van der Waals surface area (Å²) in [6.45, 7) is 4.31. The van der Waals surface area contributed by atoms with Crippen molar-refractivity contribution in [3.8, 4) is 0 Å². The van der Waals surface area contributed by atoms with E-state index >= 15 is 0 Å². The van der Waals surface area contributed by atoms with Crippen molar-refractivity contribution in [2.24, 2.45) is 0 Å². The Kier molecular flexibility index (Phi) is 4.61. The van der Waals surface area contributed by atoms with Gasteiger partial charge in [0, 0.05) is 29.9 Å². The third-order valence-corrected chi connectivity index (χ3v) is 3.63. The number of nitrogens with zero attached hydrogens (tertiary/aromatic N) is 1. The molecule has 4 heteroatoms. The first-order valence-electron chi connectivity index (χ1n) is 6.66. The minimum absolute atomic E-state index is 0. The summed E-state index contributed by atoms with van der Waals surface area (Å²) >= 11 is 0. The average molecular weight is 278 g/mol. The van der Waals surface area contributed by atoms with Gasteiger partial charge in [-0.2, -0.15) is 0 Å². The van der Waals surface area contributed by atoms with Crippen LogP contribution in [0.5, 0.6) is 0 Å². The Morgan fingerprint density at radius 3 is 3.00 bits per heavy atom. The molecule has 102 valence electrons. The van der Waals surface area contributed by atoms with Crippen LogP contribution in [0, 0.1) is 6.92 Å². The van der Waals surface area contributed by atoms with E-state index in [1.54, 1.807) is 0 Å². The van der Waals surface area contributed by atoms with Crippen molar-refractivity contribution in [2.75, 3.05) is 18.4 Å². The highest BCUT2D eigenvalue weighted by molar-refractivity contribution is 5.93. The van der Waals surface area contributed by atoms with E-state index in [0.717, 1.165) is 18.6 Å². The first kappa shape index (κ1) is 14.1. The van der Waals surface area contributed by atoms with Crippen LogP contribution in [0.1, 0.15) is 18.4 Å². The van der Waals surface area contributed by atoms with Crippen molar-refractivity contribution in [1.82, 2.24) is 10.3 Å². The molecule has 1 saturated heterocycles. The number of halogens is 1. The van der Waals surface area contributed by atoms with Gasteiger partial charge in [0.1, 0.15) is 0 Å². The quantitative estimate of drug-likeness (QED) is 0.886. The number of hydrogen-bond acceptors (Lipinski definition) is 3. The van der Waals surface area contributed by atoms with E-state index in [9.17, 15) is 0 Å². The Bertz CT molecular complexity index is 550. The summed E-state index contributed by atoms with van der Waals surface area (Å²) in [6.07, 6.45) is 4.35. The fourth-order valence-corrected chi connectivity index (χ4v) is 2.63. The highest BCUT2D eigenvalue weighted by atomic mass is 35.5. The average Bonchev–Trinajstić information content (AvgIpc) is 2.44. The molecule has 1 atom stereocenters. The number of nitrogens with one attached hydrogen (secondary N) is 2. The highest BCUT2D eigenvalue weighted by Gasteiger charge is 2.13. The van der Waals surface area contributed by atoms with Gasteiger partial charge in [0.15, 0.2) is 0 Å². The summed E-state index contributed by atoms with van der Waals surface area (Å²) in [5.74, 6) is 0. The topological polar surface area (TPSA) is 37.0 Å². The molecule has 0 spiro atoms. The number of aryl methyl sites for hydroxylation is 1. The van der Waals surface area contributed by atoms with Gasteiger partial charge in [-0.25, -0.2) is 0 Å². The van der Waals surface area contributed by atoms with E-state index < -0.39 is 0 Å². The molecular weight excluding hydrogens is 258 g/mol. The maximum absolute atomic E-state index is 4.48. The van der Waals surface area contributed by atoms with Crippen molar-refractivity contribution in [3.05, 3.63) is 36.0 Å². The van der Waals surface area contributed by atoms with Crippen LogP contribution >= 0.6 is 12.4 Å². The molecule has 0 saturated carbocycles. The fourth-order valence-electron chi connectivity index (χ4n) is 2.63. The number of hydrogen-bond donors (Lipinski definition) is 2. The summed E-state index contributed by atoms with van der Waals surface area (Å²) in [6, 6.07) is 9.01. The van der Waals surface area contributed by atoms with Gasteiger partial charge in [0.05, 0.1) is 5.52 Å². The Balaban J connectivity index is 0.00000133. The first-order valence-corrected chi connectivity index (χ1v) is 6.66. The van der Waals surface area contributed by atoms with Crippen molar-refractivity contribution in [2.45, 2.75) is 25.8 Å². The van der Waals surface area contributed by atoms with Crippen LogP contribution < -0.4 is 10.6 Å². The van der Waals surface area contributed by atoms with Gasteiger partial charge in [-0.1, -0.05) is 6.07 Å². The summed E-state index contributed by atoms with van der Waals surface area (Å²) in [5.41, 5.74) is 3.54. The maximum atomic E-state index is 4.48. The largest absolute Gasteiger partial charge is 0.380 e. The molecule has 1 aromatic heterocycles. The molecule has 1 unspecified atom stereocenters. The smallest absolute Gasteiger partial charge is 0.0751 e. The van der Waals surface area contributed by atoms with Gasteiger partial charge >= 0.3 is 0 Å². The summed E-state index contributed by atoms with van der Waals surface area (Å²) in [4.78, 5) is 4.48. The van der Waals surface area contributed by atoms with E-state index in [2.05, 4.69) is 40.7 Å². The minimum Gasteiger partial charge on any atom is -0.380 e. The van der Waals surface area contributed by atoms with Crippen molar-refractivity contribution in [3.63, 3.8) is 0 Å². The highest BCUT2D eigenvalue weighted by Crippen LogP contribution is 2.25. The number of benzene rings is 1. The Morgan fingerprint density at radius 1 is 1.32 bits per heavy atom. The monoisotopic (exact) mass is 277 g/mol. The molecule has 1 aliphatic heterocycles. The number of pyridine rings is 1. The summed E-state index contributed by atoms with van der Waals surface area (Å²) in [7, 11) is 0. The lowest BCUT2D eigenvalue weighted by molar-refractivity contribution is 0.480. The molecular formula is C15H20ClN3. The van der Waals surface area contributed by atoms with Gasteiger partial charge in [-0.05, 0) is 50.1 Å². The molecule has 1 fully saturated rings. The lowest BCUT2D eigenvalue weighted by atomic mass is 10.0. The van der Waals surface area contributed by atoms with Crippen LogP contribution in [-0.2, 0) is 0 Å². The summed E-state index contributed by atoms with van der Waals surface area (Å²) < 4.78 is 0. The number of piperidine rings is 1. The third kappa shape index (κ3) is 2.99. The first-order chi connectivity index (χ1) is 8.84. The van der Waals surface area contributed by atoms with E-state index in [1.807, 2.05) is 12.3 Å². The van der Waals surface area contributed by atoms with Crippen molar-refractivity contribution < 1.29 is 0 Å². The van der Waals surface area contributed by atoms with Gasteiger partial charge in [0.25, 0.3) is 0 Å². The van der Waals surface area contributed by atoms with Gasteiger partial charge in [-0.15, -0.1) is 12.4 Å². The molecule has 2 aromatic rings. The molecule has 2 N–H and O–H groups in total. The zero-order valence-corrected chi connectivity index (χ0v) is 12.0. The lowest BCUT2D eigenvalue weighted by Crippen LogP contribution is -2.38. The van der Waals surface area contributed by atoms with E-state index in [-0.39, 0.29) is 12.4 Å². The zero-order valence-electron chi connectivity index (χ0n) is 11.1. The number of fused-ring (bicyclic) bond motifs is 1. The molecule has 2 heterocycles. The van der Waals surface area contributed by atoms with Crippen LogP contribution in [0.2, 0.25) is 0 Å². The van der Waals surface area contributed by atoms with Crippen LogP contribution in [-0.4, -0.2) is 24.1 Å². The van der Waals surface area contributed by atoms with Crippen LogP contribution in [0.4, 0.5) is 5.69 Å². The molecule has 0 amide bonds. The predicted octanol–water partition coefficient (Wildman–Crippen LogP) is 3.13. The molecule has 0 bridgehead atoms. The molecule has 0 aliphatic carbocycles. The van der Waals surface area contributed by atoms with Crippen LogP contribution in [0.3, 0.4) is 0 Å². The third-order valence-electron chi connectivity index (χ3n) is 3.63. The molecule has 3 rings (SSSR count). The second-order valence-electron chi connectivity index (χ2n) is 5.02. The van der Waals surface area contributed by atoms with Gasteiger partial charge in [0.2, 0.25) is 0 Å². The number of aromatic nitrogens is 1. The molecule has 3 nitrogen and oxygen atoms in total. The van der Waals surface area contributed by atoms with Gasteiger partial charge < -0.3 is 10.6 Å². The Hall–Kier alpha value is -1.32. The standard InChI is InChI=1S/C15H19N3.ClH/c1-11-6-7-14(13-5-3-9-17-15(11)13)18-12-4-2-8-16-10-12;/h3,5-7,9,12,16,18H,2,4,8,10H2,1H3;1H. The van der Waals surface area contributed by atoms with Gasteiger partial charge in [-0.3, -0.25) is 4.98 Å². The second kappa shape index (κ2) is 6.22. The predicted molar refractivity (Wildman–Crippen MR) is 83.2 cm³/mol. The van der Waals surface area contributed by atoms with Crippen LogP contribution in [0.15, 0.2) is 30.5 Å². The van der Waals surface area contributed by atoms with Crippen LogP contribution in [0.25, 0.3) is 10.9 Å². The second-order valence-corrected chi connectivity index (χ2v) is 5.02. The molecule has 19 heavy (non-hydrogen) atoms. The zero-order chi connectivity index (χ0) is 12.4. The van der Waals surface area contributed by atoms with E-state index in [0.29, 0.717) is 6.04 Å². The van der Waals surface area contributed by atoms with E-state index in [1.165, 1.54) is 29.5 Å². The molecule has 0 radical (unpaired) electrons. The number of anilines is 1. The van der Waals surface area contributed by atoms with Crippen molar-refractivity contribution >= 4 is 29.0 Å². The Labute approximate surface area is 120 Å². The fraction of sp³-hybridized carbons (Fsp3) is 0.400. The maximum Gasteiger partial charge on any atom is 0.0751 e. The Morgan fingerprint density at radius 2 is 2.21 bits per heavy atom. The SMILES string of the molecule is Cc1ccc(NC2CCCNC2)c2cccnc12.Cl. The van der Waals surface area contributed by atoms with E-state index in [4.69, 9.17) is 0 Å². The minimum atomic E-state index is 0. The molecule has 1 aliphatic rings. The summed E-state index contributed by atoms with van der Waals surface area (Å²) in [5, 5.41) is 8.31. The lowest BCUT2D eigenvalue weighted by Gasteiger charge is -2.25.